The van der Waals surface area contributed by atoms with Crippen LogP contribution in [0.25, 0.3) is 0 Å². The Labute approximate surface area is 118 Å². The fourth-order valence-corrected chi connectivity index (χ4v) is 2.30. The molecule has 0 saturated carbocycles. The standard InChI is InChI=1S/C15H18N2O3/c1-3-15-16-11(2)9-17(15)6-7-18-12-4-5-13-14(8-12)20-10-19-13/h4-5,8-9H,3,6-7,10H2,1-2H3. The third-order valence-electron chi connectivity index (χ3n) is 3.24. The molecule has 0 bridgehead atoms. The number of aryl methyl sites for hydroxylation is 2. The van der Waals surface area contributed by atoms with E-state index in [9.17, 15) is 0 Å². The van der Waals surface area contributed by atoms with E-state index in [4.69, 9.17) is 14.2 Å². The average Bonchev–Trinajstić information content (AvgIpc) is 3.04. The smallest absolute Gasteiger partial charge is 0.231 e. The topological polar surface area (TPSA) is 45.5 Å². The van der Waals surface area contributed by atoms with Crippen molar-refractivity contribution in [3.63, 3.8) is 0 Å². The molecule has 2 aromatic rings. The van der Waals surface area contributed by atoms with Gasteiger partial charge in [0.1, 0.15) is 18.2 Å². The lowest BCUT2D eigenvalue weighted by Crippen LogP contribution is -2.10. The van der Waals surface area contributed by atoms with Crippen LogP contribution < -0.4 is 14.2 Å². The second kappa shape index (κ2) is 5.45. The highest BCUT2D eigenvalue weighted by Crippen LogP contribution is 2.35. The molecule has 1 aliphatic heterocycles. The van der Waals surface area contributed by atoms with Crippen molar-refractivity contribution in [2.24, 2.45) is 0 Å². The third kappa shape index (κ3) is 2.57. The van der Waals surface area contributed by atoms with Gasteiger partial charge in [0.15, 0.2) is 11.5 Å². The number of fused-ring (bicyclic) bond motifs is 1. The Bertz CT molecular complexity index is 607. The van der Waals surface area contributed by atoms with Gasteiger partial charge in [-0.2, -0.15) is 0 Å². The summed E-state index contributed by atoms with van der Waals surface area (Å²) in [5.74, 6) is 3.41. The Morgan fingerprint density at radius 2 is 2.15 bits per heavy atom. The van der Waals surface area contributed by atoms with Crippen molar-refractivity contribution in [3.8, 4) is 17.2 Å². The van der Waals surface area contributed by atoms with Crippen LogP contribution in [0.1, 0.15) is 18.4 Å². The van der Waals surface area contributed by atoms with Crippen LogP contribution in [0.15, 0.2) is 24.4 Å². The predicted octanol–water partition coefficient (Wildman–Crippen LogP) is 2.56. The molecule has 0 aliphatic carbocycles. The number of ether oxygens (including phenoxy) is 3. The van der Waals surface area contributed by atoms with Crippen molar-refractivity contribution >= 4 is 0 Å². The van der Waals surface area contributed by atoms with E-state index in [1.807, 2.05) is 25.1 Å². The molecule has 0 unspecified atom stereocenters. The largest absolute Gasteiger partial charge is 0.492 e. The van der Waals surface area contributed by atoms with E-state index in [2.05, 4.69) is 22.7 Å². The highest BCUT2D eigenvalue weighted by molar-refractivity contribution is 5.46. The van der Waals surface area contributed by atoms with Gasteiger partial charge in [0, 0.05) is 18.7 Å². The summed E-state index contributed by atoms with van der Waals surface area (Å²) in [6.45, 7) is 5.79. The van der Waals surface area contributed by atoms with E-state index in [-0.39, 0.29) is 6.79 Å². The molecule has 20 heavy (non-hydrogen) atoms. The Morgan fingerprint density at radius 1 is 1.30 bits per heavy atom. The van der Waals surface area contributed by atoms with Gasteiger partial charge in [-0.3, -0.25) is 0 Å². The molecule has 5 nitrogen and oxygen atoms in total. The monoisotopic (exact) mass is 274 g/mol. The zero-order valence-corrected chi connectivity index (χ0v) is 11.8. The summed E-state index contributed by atoms with van der Waals surface area (Å²) in [4.78, 5) is 4.47. The van der Waals surface area contributed by atoms with Crippen LogP contribution in [0.4, 0.5) is 0 Å². The molecule has 1 aliphatic rings. The lowest BCUT2D eigenvalue weighted by Gasteiger charge is -2.09. The average molecular weight is 274 g/mol. The van der Waals surface area contributed by atoms with Gasteiger partial charge in [0.05, 0.1) is 12.2 Å². The first-order valence-corrected chi connectivity index (χ1v) is 6.81. The maximum Gasteiger partial charge on any atom is 0.231 e. The van der Waals surface area contributed by atoms with Crippen LogP contribution in [0, 0.1) is 6.92 Å². The van der Waals surface area contributed by atoms with Crippen LogP contribution in [-0.2, 0) is 13.0 Å². The molecule has 5 heteroatoms. The highest BCUT2D eigenvalue weighted by Gasteiger charge is 2.13. The number of rotatable bonds is 5. The lowest BCUT2D eigenvalue weighted by molar-refractivity contribution is 0.173. The molecule has 0 N–H and O–H groups in total. The number of aromatic nitrogens is 2. The van der Waals surface area contributed by atoms with E-state index in [0.717, 1.165) is 41.7 Å². The van der Waals surface area contributed by atoms with Gasteiger partial charge in [-0.25, -0.2) is 4.98 Å². The minimum absolute atomic E-state index is 0.285. The molecule has 0 atom stereocenters. The fourth-order valence-electron chi connectivity index (χ4n) is 2.30. The first-order chi connectivity index (χ1) is 9.76. The van der Waals surface area contributed by atoms with Crippen molar-refractivity contribution < 1.29 is 14.2 Å². The second-order valence-corrected chi connectivity index (χ2v) is 4.71. The van der Waals surface area contributed by atoms with Gasteiger partial charge in [0.25, 0.3) is 0 Å². The van der Waals surface area contributed by atoms with Crippen LogP contribution in [-0.4, -0.2) is 23.0 Å². The van der Waals surface area contributed by atoms with Crippen molar-refractivity contribution in [3.05, 3.63) is 35.9 Å². The molecule has 0 amide bonds. The predicted molar refractivity (Wildman–Crippen MR) is 74.4 cm³/mol. The molecule has 2 heterocycles. The van der Waals surface area contributed by atoms with Crippen LogP contribution in [0.3, 0.4) is 0 Å². The first-order valence-electron chi connectivity index (χ1n) is 6.81. The number of benzene rings is 1. The van der Waals surface area contributed by atoms with E-state index in [1.54, 1.807) is 0 Å². The SMILES string of the molecule is CCc1nc(C)cn1CCOc1ccc2c(c1)OCO2. The minimum Gasteiger partial charge on any atom is -0.492 e. The molecule has 3 rings (SSSR count). The Morgan fingerprint density at radius 3 is 3.00 bits per heavy atom. The van der Waals surface area contributed by atoms with E-state index in [0.29, 0.717) is 6.61 Å². The maximum absolute atomic E-state index is 5.76. The molecule has 0 spiro atoms. The summed E-state index contributed by atoms with van der Waals surface area (Å²) in [6.07, 6.45) is 2.99. The van der Waals surface area contributed by atoms with Crippen LogP contribution in [0.5, 0.6) is 17.2 Å². The number of hydrogen-bond acceptors (Lipinski definition) is 4. The molecule has 0 radical (unpaired) electrons. The molecule has 0 saturated heterocycles. The second-order valence-electron chi connectivity index (χ2n) is 4.71. The number of imidazole rings is 1. The lowest BCUT2D eigenvalue weighted by atomic mass is 10.3. The summed E-state index contributed by atoms with van der Waals surface area (Å²) in [7, 11) is 0. The van der Waals surface area contributed by atoms with Gasteiger partial charge in [-0.1, -0.05) is 6.92 Å². The van der Waals surface area contributed by atoms with E-state index < -0.39 is 0 Å². The van der Waals surface area contributed by atoms with Crippen molar-refractivity contribution in [1.82, 2.24) is 9.55 Å². The summed E-state index contributed by atoms with van der Waals surface area (Å²) >= 11 is 0. The Hall–Kier alpha value is -2.17. The van der Waals surface area contributed by atoms with Gasteiger partial charge in [0.2, 0.25) is 6.79 Å². The summed E-state index contributed by atoms with van der Waals surface area (Å²) in [5, 5.41) is 0. The zero-order chi connectivity index (χ0) is 13.9. The van der Waals surface area contributed by atoms with Gasteiger partial charge in [-0.15, -0.1) is 0 Å². The van der Waals surface area contributed by atoms with Crippen LogP contribution >= 0.6 is 0 Å². The number of nitrogens with zero attached hydrogens (tertiary/aromatic N) is 2. The van der Waals surface area contributed by atoms with Crippen LogP contribution in [0.2, 0.25) is 0 Å². The molecule has 1 aromatic heterocycles. The zero-order valence-electron chi connectivity index (χ0n) is 11.8. The quantitative estimate of drug-likeness (QED) is 0.840. The van der Waals surface area contributed by atoms with E-state index in [1.165, 1.54) is 0 Å². The Kier molecular flexibility index (Phi) is 3.50. The van der Waals surface area contributed by atoms with Crippen molar-refractivity contribution in [2.45, 2.75) is 26.8 Å². The third-order valence-corrected chi connectivity index (χ3v) is 3.24. The molecular formula is C15H18N2O3. The summed E-state index contributed by atoms with van der Waals surface area (Å²) in [5.41, 5.74) is 1.05. The maximum atomic E-state index is 5.76. The molecular weight excluding hydrogens is 256 g/mol. The molecule has 106 valence electrons. The van der Waals surface area contributed by atoms with Gasteiger partial charge >= 0.3 is 0 Å². The van der Waals surface area contributed by atoms with Gasteiger partial charge in [-0.05, 0) is 19.1 Å². The minimum atomic E-state index is 0.285. The normalized spacial score (nSPS) is 12.7. The van der Waals surface area contributed by atoms with Crippen molar-refractivity contribution in [2.75, 3.05) is 13.4 Å². The first kappa shape index (κ1) is 12.8. The summed E-state index contributed by atoms with van der Waals surface area (Å²) in [6, 6.07) is 5.63. The van der Waals surface area contributed by atoms with Crippen molar-refractivity contribution in [1.29, 1.82) is 0 Å². The van der Waals surface area contributed by atoms with Gasteiger partial charge < -0.3 is 18.8 Å². The summed E-state index contributed by atoms with van der Waals surface area (Å²) < 4.78 is 18.5. The molecule has 1 aromatic carbocycles. The van der Waals surface area contributed by atoms with E-state index >= 15 is 0 Å². The molecule has 0 fully saturated rings. The number of hydrogen-bond donors (Lipinski definition) is 0. The fraction of sp³-hybridized carbons (Fsp3) is 0.400. The Balaban J connectivity index is 1.59. The highest BCUT2D eigenvalue weighted by atomic mass is 16.7.